The Morgan fingerprint density at radius 1 is 1.55 bits per heavy atom. The lowest BCUT2D eigenvalue weighted by Gasteiger charge is -2.30. The van der Waals surface area contributed by atoms with Gasteiger partial charge in [-0.25, -0.2) is 4.98 Å². The number of ether oxygens (including phenoxy) is 1. The number of aromatic nitrogens is 2. The zero-order chi connectivity index (χ0) is 14.1. The van der Waals surface area contributed by atoms with E-state index in [9.17, 15) is 4.79 Å². The zero-order valence-electron chi connectivity index (χ0n) is 11.2. The first kappa shape index (κ1) is 13.5. The van der Waals surface area contributed by atoms with Crippen LogP contribution in [-0.4, -0.2) is 40.7 Å². The summed E-state index contributed by atoms with van der Waals surface area (Å²) in [6.07, 6.45) is 0.213. The maximum atomic E-state index is 12.0. The predicted octanol–water partition coefficient (Wildman–Crippen LogP) is 1.80. The van der Waals surface area contributed by atoms with Crippen molar-refractivity contribution in [3.63, 3.8) is 0 Å². The van der Waals surface area contributed by atoms with Crippen molar-refractivity contribution in [2.75, 3.05) is 19.7 Å². The van der Waals surface area contributed by atoms with Gasteiger partial charge in [-0.05, 0) is 25.1 Å². The van der Waals surface area contributed by atoms with E-state index in [0.29, 0.717) is 34.9 Å². The zero-order valence-corrected chi connectivity index (χ0v) is 12.0. The normalized spacial score (nSPS) is 20.4. The van der Waals surface area contributed by atoms with Crippen LogP contribution in [-0.2, 0) is 11.3 Å². The second kappa shape index (κ2) is 5.52. The van der Waals surface area contributed by atoms with Gasteiger partial charge in [0.15, 0.2) is 0 Å². The summed E-state index contributed by atoms with van der Waals surface area (Å²) in [5.74, 6) is 0.666. The molecule has 3 rings (SSSR count). The number of fused-ring (bicyclic) bond motifs is 1. The van der Waals surface area contributed by atoms with Crippen LogP contribution in [0.5, 0.6) is 0 Å². The molecule has 106 valence electrons. The molecule has 0 bridgehead atoms. The smallest absolute Gasteiger partial charge is 0.258 e. The number of hydrogen-bond acceptors (Lipinski definition) is 4. The molecule has 1 aliphatic heterocycles. The lowest BCUT2D eigenvalue weighted by atomic mass is 10.2. The molecule has 0 aliphatic carbocycles. The van der Waals surface area contributed by atoms with Crippen LogP contribution < -0.4 is 5.56 Å². The molecule has 0 spiro atoms. The molecule has 1 fully saturated rings. The fourth-order valence-electron chi connectivity index (χ4n) is 2.48. The van der Waals surface area contributed by atoms with Gasteiger partial charge in [-0.2, -0.15) is 0 Å². The summed E-state index contributed by atoms with van der Waals surface area (Å²) in [5, 5.41) is 1.15. The van der Waals surface area contributed by atoms with Crippen LogP contribution in [0.15, 0.2) is 23.0 Å². The van der Waals surface area contributed by atoms with E-state index >= 15 is 0 Å². The summed E-state index contributed by atoms with van der Waals surface area (Å²) < 4.78 is 5.50. The van der Waals surface area contributed by atoms with Gasteiger partial charge >= 0.3 is 0 Å². The Bertz CT molecular complexity index is 686. The van der Waals surface area contributed by atoms with Crippen LogP contribution in [0, 0.1) is 0 Å². The molecular weight excluding hydrogens is 278 g/mol. The standard InChI is InChI=1S/C14H16ClN3O2/c1-9-7-18(4-5-20-9)8-13-16-12-6-10(15)2-3-11(12)14(19)17-13/h2-3,6,9H,4-5,7-8H2,1H3,(H,16,17,19)/t9-/m1/s1. The minimum atomic E-state index is -0.122. The van der Waals surface area contributed by atoms with Crippen LogP contribution >= 0.6 is 11.6 Å². The molecule has 1 N–H and O–H groups in total. The molecule has 1 atom stereocenters. The van der Waals surface area contributed by atoms with Crippen molar-refractivity contribution in [1.29, 1.82) is 0 Å². The molecule has 0 amide bonds. The number of nitrogens with zero attached hydrogens (tertiary/aromatic N) is 2. The van der Waals surface area contributed by atoms with E-state index in [1.54, 1.807) is 18.2 Å². The van der Waals surface area contributed by atoms with Gasteiger partial charge in [-0.15, -0.1) is 0 Å². The number of rotatable bonds is 2. The molecule has 1 aromatic carbocycles. The van der Waals surface area contributed by atoms with Gasteiger partial charge in [0.05, 0.1) is 30.2 Å². The summed E-state index contributed by atoms with van der Waals surface area (Å²) >= 11 is 5.96. The fraction of sp³-hybridized carbons (Fsp3) is 0.429. The Hall–Kier alpha value is -1.43. The van der Waals surface area contributed by atoms with Crippen LogP contribution in [0.2, 0.25) is 5.02 Å². The minimum Gasteiger partial charge on any atom is -0.376 e. The minimum absolute atomic E-state index is 0.122. The van der Waals surface area contributed by atoms with Crippen molar-refractivity contribution in [2.45, 2.75) is 19.6 Å². The van der Waals surface area contributed by atoms with Crippen molar-refractivity contribution in [1.82, 2.24) is 14.9 Å². The van der Waals surface area contributed by atoms with Crippen molar-refractivity contribution in [2.24, 2.45) is 0 Å². The molecule has 0 unspecified atom stereocenters. The molecular formula is C14H16ClN3O2. The maximum Gasteiger partial charge on any atom is 0.258 e. The number of benzene rings is 1. The molecule has 2 heterocycles. The Morgan fingerprint density at radius 2 is 2.40 bits per heavy atom. The Kier molecular flexibility index (Phi) is 3.74. The number of aromatic amines is 1. The average Bonchev–Trinajstić information content (AvgIpc) is 2.38. The number of nitrogens with one attached hydrogen (secondary N) is 1. The summed E-state index contributed by atoms with van der Waals surface area (Å²) in [7, 11) is 0. The summed E-state index contributed by atoms with van der Waals surface area (Å²) in [6.45, 7) is 5.07. The van der Waals surface area contributed by atoms with Crippen LogP contribution in [0.3, 0.4) is 0 Å². The van der Waals surface area contributed by atoms with E-state index in [1.807, 2.05) is 6.92 Å². The Balaban J connectivity index is 1.90. The molecule has 20 heavy (non-hydrogen) atoms. The second-order valence-corrected chi connectivity index (χ2v) is 5.53. The Labute approximate surface area is 121 Å². The first-order valence-corrected chi connectivity index (χ1v) is 7.02. The van der Waals surface area contributed by atoms with Gasteiger partial charge < -0.3 is 9.72 Å². The van der Waals surface area contributed by atoms with Crippen molar-refractivity contribution in [3.8, 4) is 0 Å². The number of halogens is 1. The summed E-state index contributed by atoms with van der Waals surface area (Å²) in [6, 6.07) is 5.12. The first-order valence-electron chi connectivity index (χ1n) is 6.64. The van der Waals surface area contributed by atoms with E-state index in [2.05, 4.69) is 14.9 Å². The highest BCUT2D eigenvalue weighted by molar-refractivity contribution is 6.31. The molecule has 1 saturated heterocycles. The molecule has 0 radical (unpaired) electrons. The number of H-pyrrole nitrogens is 1. The molecule has 2 aromatic rings. The van der Waals surface area contributed by atoms with Gasteiger partial charge in [0.1, 0.15) is 5.82 Å². The molecule has 1 aliphatic rings. The second-order valence-electron chi connectivity index (χ2n) is 5.09. The van der Waals surface area contributed by atoms with Gasteiger partial charge in [0, 0.05) is 18.1 Å². The van der Waals surface area contributed by atoms with E-state index in [-0.39, 0.29) is 11.7 Å². The third-order valence-corrected chi connectivity index (χ3v) is 3.65. The number of hydrogen-bond donors (Lipinski definition) is 1. The molecule has 5 nitrogen and oxygen atoms in total. The Morgan fingerprint density at radius 3 is 3.20 bits per heavy atom. The van der Waals surface area contributed by atoms with Gasteiger partial charge in [-0.3, -0.25) is 9.69 Å². The van der Waals surface area contributed by atoms with Gasteiger partial charge in [0.2, 0.25) is 0 Å². The van der Waals surface area contributed by atoms with Crippen LogP contribution in [0.4, 0.5) is 0 Å². The van der Waals surface area contributed by atoms with Gasteiger partial charge in [0.25, 0.3) is 5.56 Å². The van der Waals surface area contributed by atoms with E-state index < -0.39 is 0 Å². The van der Waals surface area contributed by atoms with Crippen LogP contribution in [0.1, 0.15) is 12.7 Å². The van der Waals surface area contributed by atoms with Crippen molar-refractivity contribution in [3.05, 3.63) is 39.4 Å². The fourth-order valence-corrected chi connectivity index (χ4v) is 2.65. The third kappa shape index (κ3) is 2.85. The molecule has 0 saturated carbocycles. The van der Waals surface area contributed by atoms with E-state index in [1.165, 1.54) is 0 Å². The summed E-state index contributed by atoms with van der Waals surface area (Å²) in [5.41, 5.74) is 0.514. The summed E-state index contributed by atoms with van der Waals surface area (Å²) in [4.78, 5) is 21.6. The molecule has 6 heteroatoms. The SMILES string of the molecule is C[C@@H]1CN(Cc2nc3cc(Cl)ccc3c(=O)[nH]2)CCO1. The van der Waals surface area contributed by atoms with Crippen LogP contribution in [0.25, 0.3) is 10.9 Å². The van der Waals surface area contributed by atoms with Gasteiger partial charge in [-0.1, -0.05) is 11.6 Å². The van der Waals surface area contributed by atoms with Crippen molar-refractivity contribution < 1.29 is 4.74 Å². The molecule has 1 aromatic heterocycles. The highest BCUT2D eigenvalue weighted by Gasteiger charge is 2.17. The topological polar surface area (TPSA) is 58.2 Å². The lowest BCUT2D eigenvalue weighted by molar-refractivity contribution is -0.0219. The van der Waals surface area contributed by atoms with E-state index in [4.69, 9.17) is 16.3 Å². The largest absolute Gasteiger partial charge is 0.376 e. The highest BCUT2D eigenvalue weighted by Crippen LogP contribution is 2.15. The maximum absolute atomic E-state index is 12.0. The predicted molar refractivity (Wildman–Crippen MR) is 78.1 cm³/mol. The van der Waals surface area contributed by atoms with E-state index in [0.717, 1.165) is 13.1 Å². The quantitative estimate of drug-likeness (QED) is 0.917. The monoisotopic (exact) mass is 293 g/mol. The number of morpholine rings is 1. The van der Waals surface area contributed by atoms with Crippen molar-refractivity contribution >= 4 is 22.5 Å². The third-order valence-electron chi connectivity index (χ3n) is 3.42. The highest BCUT2D eigenvalue weighted by atomic mass is 35.5. The lowest BCUT2D eigenvalue weighted by Crippen LogP contribution is -2.41. The average molecular weight is 294 g/mol. The first-order chi connectivity index (χ1) is 9.61.